The SMILES string of the molecule is COC(=O)c1ccc2c(c1)ncn2C1=CCOCC1.COC(=O)c1ccc2ncn(C3=CCOCC3)c2c1. The zero-order valence-corrected chi connectivity index (χ0v) is 21.3. The Morgan fingerprint density at radius 2 is 1.29 bits per heavy atom. The molecular formula is C28H28N4O6. The summed E-state index contributed by atoms with van der Waals surface area (Å²) in [6.45, 7) is 2.69. The highest BCUT2D eigenvalue weighted by molar-refractivity contribution is 5.95. The molecule has 38 heavy (non-hydrogen) atoms. The fourth-order valence-electron chi connectivity index (χ4n) is 4.44. The standard InChI is InChI=1S/2C14H14N2O3/c1-18-14(17)10-2-3-13-12(8-10)15-9-16(13)11-4-6-19-7-5-11;1-18-14(17)10-2-3-12-13(8-10)16(9-15-12)11-4-6-19-7-5-11/h2*2-4,8-9H,5-7H2,1H3. The van der Waals surface area contributed by atoms with Gasteiger partial charge >= 0.3 is 11.9 Å². The van der Waals surface area contributed by atoms with Crippen LogP contribution in [0.5, 0.6) is 0 Å². The lowest BCUT2D eigenvalue weighted by Crippen LogP contribution is -2.08. The van der Waals surface area contributed by atoms with Gasteiger partial charge in [-0.3, -0.25) is 0 Å². The van der Waals surface area contributed by atoms with Crippen LogP contribution in [0.1, 0.15) is 33.6 Å². The fourth-order valence-corrected chi connectivity index (χ4v) is 4.44. The maximum atomic E-state index is 11.6. The van der Waals surface area contributed by atoms with Gasteiger partial charge in [0.05, 0.1) is 73.8 Å². The molecule has 4 aromatic rings. The fraction of sp³-hybridized carbons (Fsp3) is 0.286. The first kappa shape index (κ1) is 25.4. The van der Waals surface area contributed by atoms with Gasteiger partial charge in [0.25, 0.3) is 0 Å². The van der Waals surface area contributed by atoms with Gasteiger partial charge in [-0.15, -0.1) is 0 Å². The molecule has 4 heterocycles. The molecule has 10 nitrogen and oxygen atoms in total. The normalized spacial score (nSPS) is 15.3. The number of benzene rings is 2. The van der Waals surface area contributed by atoms with E-state index >= 15 is 0 Å². The zero-order valence-electron chi connectivity index (χ0n) is 21.3. The topological polar surface area (TPSA) is 107 Å². The first-order chi connectivity index (χ1) is 18.6. The number of nitrogens with zero attached hydrogens (tertiary/aromatic N) is 4. The molecule has 2 aliphatic heterocycles. The van der Waals surface area contributed by atoms with E-state index in [4.69, 9.17) is 18.9 Å². The second kappa shape index (κ2) is 11.4. The van der Waals surface area contributed by atoms with Gasteiger partial charge in [-0.05, 0) is 48.6 Å². The summed E-state index contributed by atoms with van der Waals surface area (Å²) in [7, 11) is 2.75. The second-order valence-corrected chi connectivity index (χ2v) is 8.66. The summed E-state index contributed by atoms with van der Waals surface area (Å²) in [5, 5.41) is 0. The van der Waals surface area contributed by atoms with Crippen LogP contribution in [0.4, 0.5) is 0 Å². The van der Waals surface area contributed by atoms with Gasteiger partial charge in [0.15, 0.2) is 0 Å². The Balaban J connectivity index is 0.000000155. The molecule has 2 aliphatic rings. The lowest BCUT2D eigenvalue weighted by Gasteiger charge is -2.15. The average molecular weight is 517 g/mol. The molecule has 6 rings (SSSR count). The van der Waals surface area contributed by atoms with Crippen LogP contribution in [0.25, 0.3) is 33.5 Å². The van der Waals surface area contributed by atoms with Crippen molar-refractivity contribution < 1.29 is 28.5 Å². The largest absolute Gasteiger partial charge is 0.465 e. The Hall–Kier alpha value is -4.28. The number of ether oxygens (including phenoxy) is 4. The Morgan fingerprint density at radius 1 is 0.737 bits per heavy atom. The highest BCUT2D eigenvalue weighted by Crippen LogP contribution is 2.24. The van der Waals surface area contributed by atoms with Crippen molar-refractivity contribution in [2.75, 3.05) is 40.6 Å². The predicted octanol–water partition coefficient (Wildman–Crippen LogP) is 4.17. The first-order valence-electron chi connectivity index (χ1n) is 12.2. The van der Waals surface area contributed by atoms with E-state index in [0.29, 0.717) is 30.9 Å². The van der Waals surface area contributed by atoms with Crippen molar-refractivity contribution in [3.8, 4) is 0 Å². The quantitative estimate of drug-likeness (QED) is 0.372. The van der Waals surface area contributed by atoms with Gasteiger partial charge in [-0.2, -0.15) is 0 Å². The predicted molar refractivity (Wildman–Crippen MR) is 142 cm³/mol. The van der Waals surface area contributed by atoms with E-state index in [2.05, 4.69) is 16.0 Å². The van der Waals surface area contributed by atoms with E-state index in [1.165, 1.54) is 19.9 Å². The van der Waals surface area contributed by atoms with Gasteiger partial charge in [0.2, 0.25) is 0 Å². The smallest absolute Gasteiger partial charge is 0.337 e. The monoisotopic (exact) mass is 516 g/mol. The number of rotatable bonds is 4. The number of methoxy groups -OCH3 is 2. The van der Waals surface area contributed by atoms with Crippen LogP contribution in [0.3, 0.4) is 0 Å². The maximum Gasteiger partial charge on any atom is 0.337 e. The summed E-state index contributed by atoms with van der Waals surface area (Å²) < 4.78 is 24.1. The number of aromatic nitrogens is 4. The molecule has 0 fully saturated rings. The summed E-state index contributed by atoms with van der Waals surface area (Å²) in [6, 6.07) is 10.8. The first-order valence-corrected chi connectivity index (χ1v) is 12.2. The van der Waals surface area contributed by atoms with Crippen LogP contribution >= 0.6 is 0 Å². The zero-order chi connectivity index (χ0) is 26.5. The molecule has 196 valence electrons. The van der Waals surface area contributed by atoms with Crippen LogP contribution in [0.15, 0.2) is 61.2 Å². The van der Waals surface area contributed by atoms with Crippen molar-refractivity contribution >= 4 is 45.4 Å². The highest BCUT2D eigenvalue weighted by Gasteiger charge is 2.14. The minimum Gasteiger partial charge on any atom is -0.465 e. The summed E-state index contributed by atoms with van der Waals surface area (Å²) in [5.41, 5.74) is 6.92. The van der Waals surface area contributed by atoms with E-state index in [0.717, 1.165) is 47.2 Å². The van der Waals surface area contributed by atoms with Crippen LogP contribution < -0.4 is 0 Å². The van der Waals surface area contributed by atoms with Crippen LogP contribution in [0, 0.1) is 0 Å². The number of carbonyl (C=O) groups is 2. The molecule has 2 aromatic carbocycles. The number of fused-ring (bicyclic) bond motifs is 2. The van der Waals surface area contributed by atoms with Gasteiger partial charge in [-0.1, -0.05) is 0 Å². The Labute approximate surface area is 219 Å². The maximum absolute atomic E-state index is 11.6. The number of hydrogen-bond acceptors (Lipinski definition) is 8. The van der Waals surface area contributed by atoms with E-state index in [1.807, 2.05) is 33.4 Å². The highest BCUT2D eigenvalue weighted by atomic mass is 16.5. The number of hydrogen-bond donors (Lipinski definition) is 0. The molecule has 0 saturated heterocycles. The third-order valence-corrected chi connectivity index (χ3v) is 6.43. The lowest BCUT2D eigenvalue weighted by atomic mass is 10.2. The van der Waals surface area contributed by atoms with Crippen molar-refractivity contribution in [1.29, 1.82) is 0 Å². The van der Waals surface area contributed by atoms with E-state index < -0.39 is 0 Å². The Kier molecular flexibility index (Phi) is 7.62. The summed E-state index contributed by atoms with van der Waals surface area (Å²) in [5.74, 6) is -0.683. The molecule has 0 unspecified atom stereocenters. The van der Waals surface area contributed by atoms with Crippen molar-refractivity contribution in [2.45, 2.75) is 12.8 Å². The summed E-state index contributed by atoms with van der Waals surface area (Å²) in [6.07, 6.45) is 9.36. The van der Waals surface area contributed by atoms with Gasteiger partial charge in [0, 0.05) is 24.2 Å². The average Bonchev–Trinajstić information content (AvgIpc) is 3.61. The van der Waals surface area contributed by atoms with Crippen LogP contribution in [-0.4, -0.2) is 71.7 Å². The lowest BCUT2D eigenvalue weighted by molar-refractivity contribution is 0.0592. The molecule has 0 N–H and O–H groups in total. The van der Waals surface area contributed by atoms with Gasteiger partial charge < -0.3 is 28.1 Å². The van der Waals surface area contributed by atoms with Gasteiger partial charge in [0.1, 0.15) is 12.7 Å². The van der Waals surface area contributed by atoms with Crippen molar-refractivity contribution in [3.05, 3.63) is 72.3 Å². The van der Waals surface area contributed by atoms with E-state index in [9.17, 15) is 9.59 Å². The molecule has 0 atom stereocenters. The Morgan fingerprint density at radius 3 is 1.87 bits per heavy atom. The minimum atomic E-state index is -0.346. The number of carbonyl (C=O) groups excluding carboxylic acids is 2. The third-order valence-electron chi connectivity index (χ3n) is 6.43. The molecule has 0 spiro atoms. The third kappa shape index (κ3) is 5.22. The molecule has 2 aromatic heterocycles. The summed E-state index contributed by atoms with van der Waals surface area (Å²) >= 11 is 0. The molecule has 0 radical (unpaired) electrons. The van der Waals surface area contributed by atoms with Crippen LogP contribution in [-0.2, 0) is 18.9 Å². The second-order valence-electron chi connectivity index (χ2n) is 8.66. The minimum absolute atomic E-state index is 0.337. The summed E-state index contributed by atoms with van der Waals surface area (Å²) in [4.78, 5) is 31.8. The van der Waals surface area contributed by atoms with Crippen molar-refractivity contribution in [3.63, 3.8) is 0 Å². The molecule has 0 amide bonds. The molecule has 0 saturated carbocycles. The van der Waals surface area contributed by atoms with Crippen LogP contribution in [0.2, 0.25) is 0 Å². The molecule has 10 heteroatoms. The van der Waals surface area contributed by atoms with Gasteiger partial charge in [-0.25, -0.2) is 19.6 Å². The van der Waals surface area contributed by atoms with E-state index in [1.54, 1.807) is 30.9 Å². The number of esters is 2. The Bertz CT molecular complexity index is 1550. The molecule has 0 bridgehead atoms. The van der Waals surface area contributed by atoms with Crippen molar-refractivity contribution in [1.82, 2.24) is 19.1 Å². The van der Waals surface area contributed by atoms with Crippen molar-refractivity contribution in [2.24, 2.45) is 0 Å². The van der Waals surface area contributed by atoms with E-state index in [-0.39, 0.29) is 11.9 Å². The molecular weight excluding hydrogens is 488 g/mol. The molecule has 0 aliphatic carbocycles. The number of imidazole rings is 2.